The minimum absolute atomic E-state index is 0.0250. The van der Waals surface area contributed by atoms with Gasteiger partial charge in [0, 0.05) is 15.6 Å². The fraction of sp³-hybridized carbons (Fsp3) is 0.814. The highest BCUT2D eigenvalue weighted by Crippen LogP contribution is 2.77. The van der Waals surface area contributed by atoms with Gasteiger partial charge in [-0.2, -0.15) is 0 Å². The molecule has 278 valence electrons. The molecule has 0 bridgehead atoms. The van der Waals surface area contributed by atoms with Gasteiger partial charge >= 0.3 is 0 Å². The van der Waals surface area contributed by atoms with Crippen LogP contribution in [0, 0.1) is 62.1 Å². The van der Waals surface area contributed by atoms with E-state index in [1.54, 1.807) is 5.57 Å². The van der Waals surface area contributed by atoms with Gasteiger partial charge in [0.25, 0.3) is 0 Å². The Bertz CT molecular complexity index is 1510. The number of ether oxygens (including phenoxy) is 1. The number of hydrogen-bond acceptors (Lipinski definition) is 7. The lowest BCUT2D eigenvalue weighted by Crippen LogP contribution is -2.71. The SMILES string of the molecule is CC1(C)CC[C@]2([C@H](O)[C@H]3OC4(O)C(CO)[C@H](O)C(O)C34)CC[C@]3(C)C(=CCC4[C@@]5(C)CC[C@H](Sc6ccccc6)C(C)(C)C5CC[C@]43C)C2C1. The highest BCUT2D eigenvalue weighted by Gasteiger charge is 2.75. The molecule has 1 aliphatic heterocycles. The lowest BCUT2D eigenvalue weighted by atomic mass is 9.33. The second-order valence-corrected chi connectivity index (χ2v) is 21.6. The van der Waals surface area contributed by atoms with Crippen molar-refractivity contribution in [1.29, 1.82) is 0 Å². The van der Waals surface area contributed by atoms with E-state index in [9.17, 15) is 25.5 Å². The number of allylic oxidation sites excluding steroid dienone is 2. The molecule has 1 aromatic rings. The average molecular weight is 709 g/mol. The Balaban J connectivity index is 1.12. The molecule has 1 heterocycles. The quantitative estimate of drug-likeness (QED) is 0.204. The minimum atomic E-state index is -1.81. The van der Waals surface area contributed by atoms with Gasteiger partial charge in [-0.3, -0.25) is 0 Å². The molecule has 50 heavy (non-hydrogen) atoms. The zero-order chi connectivity index (χ0) is 35.9. The van der Waals surface area contributed by atoms with Crippen molar-refractivity contribution in [2.45, 2.75) is 153 Å². The zero-order valence-electron chi connectivity index (χ0n) is 31.6. The van der Waals surface area contributed by atoms with Gasteiger partial charge < -0.3 is 30.3 Å². The molecule has 0 amide bonds. The summed E-state index contributed by atoms with van der Waals surface area (Å²) in [5.41, 5.74) is 1.95. The van der Waals surface area contributed by atoms with Crippen molar-refractivity contribution in [2.75, 3.05) is 6.61 Å². The normalized spacial score (nSPS) is 52.2. The van der Waals surface area contributed by atoms with Crippen LogP contribution in [0.2, 0.25) is 0 Å². The largest absolute Gasteiger partial charge is 0.396 e. The second-order valence-electron chi connectivity index (χ2n) is 20.3. The average Bonchev–Trinajstić information content (AvgIpc) is 3.19. The highest BCUT2D eigenvalue weighted by molar-refractivity contribution is 8.00. The summed E-state index contributed by atoms with van der Waals surface area (Å²) in [5.74, 6) is -2.15. The maximum atomic E-state index is 12.5. The van der Waals surface area contributed by atoms with E-state index in [0.29, 0.717) is 17.1 Å². The molecule has 5 saturated carbocycles. The molecule has 8 rings (SSSR count). The smallest absolute Gasteiger partial charge is 0.181 e. The van der Waals surface area contributed by atoms with Gasteiger partial charge in [-0.15, -0.1) is 11.8 Å². The summed E-state index contributed by atoms with van der Waals surface area (Å²) in [7, 11) is 0. The number of rotatable bonds is 5. The lowest BCUT2D eigenvalue weighted by molar-refractivity contribution is -0.404. The number of thioether (sulfide) groups is 1. The molecule has 7 unspecified atom stereocenters. The van der Waals surface area contributed by atoms with Gasteiger partial charge in [-0.1, -0.05) is 78.3 Å². The molecule has 0 aromatic heterocycles. The lowest BCUT2D eigenvalue weighted by Gasteiger charge is -2.72. The van der Waals surface area contributed by atoms with Crippen molar-refractivity contribution in [3.8, 4) is 0 Å². The summed E-state index contributed by atoms with van der Waals surface area (Å²) in [5, 5.41) is 56.2. The molecule has 6 aliphatic carbocycles. The van der Waals surface area contributed by atoms with Crippen LogP contribution >= 0.6 is 11.8 Å². The Labute approximate surface area is 304 Å². The molecule has 7 aliphatic rings. The molecule has 6 fully saturated rings. The van der Waals surface area contributed by atoms with Crippen molar-refractivity contribution in [1.82, 2.24) is 0 Å². The molecule has 6 nitrogen and oxygen atoms in total. The van der Waals surface area contributed by atoms with Crippen molar-refractivity contribution >= 4 is 11.8 Å². The molecule has 1 saturated heterocycles. The highest BCUT2D eigenvalue weighted by atomic mass is 32.2. The summed E-state index contributed by atoms with van der Waals surface area (Å²) in [6.45, 7) is 17.3. The molecule has 0 radical (unpaired) electrons. The van der Waals surface area contributed by atoms with Gasteiger partial charge in [0.15, 0.2) is 5.79 Å². The maximum Gasteiger partial charge on any atom is 0.181 e. The fourth-order valence-corrected chi connectivity index (χ4v) is 15.8. The Hall–Kier alpha value is -0.930. The minimum Gasteiger partial charge on any atom is -0.396 e. The number of aliphatic hydroxyl groups excluding tert-OH is 4. The van der Waals surface area contributed by atoms with Crippen LogP contribution in [0.1, 0.15) is 113 Å². The summed E-state index contributed by atoms with van der Waals surface area (Å²) >= 11 is 2.10. The van der Waals surface area contributed by atoms with Crippen LogP contribution in [0.15, 0.2) is 46.9 Å². The van der Waals surface area contributed by atoms with E-state index in [-0.39, 0.29) is 33.0 Å². The van der Waals surface area contributed by atoms with Gasteiger partial charge in [0.05, 0.1) is 42.9 Å². The fourth-order valence-electron chi connectivity index (χ4n) is 14.5. The van der Waals surface area contributed by atoms with Gasteiger partial charge in [0.2, 0.25) is 0 Å². The van der Waals surface area contributed by atoms with Crippen LogP contribution < -0.4 is 0 Å². The van der Waals surface area contributed by atoms with Crippen LogP contribution in [0.3, 0.4) is 0 Å². The monoisotopic (exact) mass is 708 g/mol. The zero-order valence-corrected chi connectivity index (χ0v) is 32.4. The van der Waals surface area contributed by atoms with E-state index in [2.05, 4.69) is 96.6 Å². The first-order valence-corrected chi connectivity index (χ1v) is 20.8. The number of hydrogen-bond donors (Lipinski definition) is 5. The Morgan fingerprint density at radius 3 is 2.26 bits per heavy atom. The summed E-state index contributed by atoms with van der Waals surface area (Å²) < 4.78 is 6.12. The second kappa shape index (κ2) is 11.5. The standard InChI is InChI=1S/C43H64O6S/c1-37(2)19-21-42(36(47)35-32-34(46)33(45)28(24-44)43(32,48)49-35)22-20-40(6)26(27(42)23-37)13-14-30-39(5)17-16-31(50-25-11-9-8-10-12-25)38(3,4)29(39)15-18-41(30,40)7/h8-13,27-36,44-48H,14-24H2,1-7H3/t27?,28?,29?,30?,31-,32?,33-,34?,35-,36+,39-,40+,41+,42-,43?/m0/s1. The van der Waals surface area contributed by atoms with E-state index < -0.39 is 54.1 Å². The Kier molecular flexibility index (Phi) is 8.32. The van der Waals surface area contributed by atoms with E-state index in [4.69, 9.17) is 4.74 Å². The summed E-state index contributed by atoms with van der Waals surface area (Å²) in [4.78, 5) is 1.39. The Morgan fingerprint density at radius 2 is 1.56 bits per heavy atom. The van der Waals surface area contributed by atoms with Crippen molar-refractivity contribution in [3.05, 3.63) is 42.0 Å². The molecule has 1 aromatic carbocycles. The maximum absolute atomic E-state index is 12.5. The van der Waals surface area contributed by atoms with Gasteiger partial charge in [-0.25, -0.2) is 0 Å². The van der Waals surface area contributed by atoms with Gasteiger partial charge in [0.1, 0.15) is 0 Å². The molecule has 0 spiro atoms. The van der Waals surface area contributed by atoms with Crippen LogP contribution in [0.25, 0.3) is 0 Å². The molecular formula is C43H64O6S. The van der Waals surface area contributed by atoms with E-state index >= 15 is 0 Å². The first-order chi connectivity index (χ1) is 23.4. The van der Waals surface area contributed by atoms with E-state index in [1.165, 1.54) is 30.6 Å². The number of aliphatic hydroxyl groups is 5. The summed E-state index contributed by atoms with van der Waals surface area (Å²) in [6.07, 6.45) is 9.37. The third kappa shape index (κ3) is 4.62. The topological polar surface area (TPSA) is 110 Å². The summed E-state index contributed by atoms with van der Waals surface area (Å²) in [6, 6.07) is 11.0. The van der Waals surface area contributed by atoms with E-state index in [1.807, 2.05) is 0 Å². The molecule has 15 atom stereocenters. The Morgan fingerprint density at radius 1 is 0.860 bits per heavy atom. The number of benzene rings is 1. The van der Waals surface area contributed by atoms with Crippen molar-refractivity contribution < 1.29 is 30.3 Å². The first-order valence-electron chi connectivity index (χ1n) is 19.9. The molecule has 5 N–H and O–H groups in total. The molecular weight excluding hydrogens is 645 g/mol. The van der Waals surface area contributed by atoms with Crippen LogP contribution in [-0.4, -0.2) is 67.6 Å². The predicted octanol–water partition coefficient (Wildman–Crippen LogP) is 7.36. The van der Waals surface area contributed by atoms with Gasteiger partial charge in [-0.05, 0) is 121 Å². The molecule has 7 heteroatoms. The van der Waals surface area contributed by atoms with Crippen molar-refractivity contribution in [2.24, 2.45) is 62.1 Å². The third-order valence-corrected chi connectivity index (χ3v) is 19.2. The van der Waals surface area contributed by atoms with Crippen molar-refractivity contribution in [3.63, 3.8) is 0 Å². The predicted molar refractivity (Wildman–Crippen MR) is 197 cm³/mol. The number of fused-ring (bicyclic) bond motifs is 8. The van der Waals surface area contributed by atoms with E-state index in [0.717, 1.165) is 38.5 Å². The van der Waals surface area contributed by atoms with Crippen LogP contribution in [-0.2, 0) is 4.74 Å². The first kappa shape index (κ1) is 36.1. The van der Waals surface area contributed by atoms with Crippen LogP contribution in [0.4, 0.5) is 0 Å². The third-order valence-electron chi connectivity index (χ3n) is 17.6. The van der Waals surface area contributed by atoms with Crippen LogP contribution in [0.5, 0.6) is 0 Å².